The Morgan fingerprint density at radius 2 is 2.33 bits per heavy atom. The third-order valence-corrected chi connectivity index (χ3v) is 2.40. The van der Waals surface area contributed by atoms with Crippen LogP contribution in [-0.2, 0) is 4.74 Å². The molecular formula is C9H11N7O2. The van der Waals surface area contributed by atoms with Gasteiger partial charge in [0.2, 0.25) is 5.95 Å². The Morgan fingerprint density at radius 3 is 3.06 bits per heavy atom. The summed E-state index contributed by atoms with van der Waals surface area (Å²) in [4.78, 5) is 15.8. The molecule has 0 aliphatic carbocycles. The highest BCUT2D eigenvalue weighted by molar-refractivity contribution is 5.24. The monoisotopic (exact) mass is 249 g/mol. The highest BCUT2D eigenvalue weighted by Gasteiger charge is 2.19. The number of hydrogen-bond donors (Lipinski definition) is 1. The third kappa shape index (κ3) is 2.20. The van der Waals surface area contributed by atoms with Crippen LogP contribution in [0.3, 0.4) is 0 Å². The second kappa shape index (κ2) is 4.53. The van der Waals surface area contributed by atoms with Crippen molar-refractivity contribution in [2.75, 3.05) is 18.9 Å². The average molecular weight is 249 g/mol. The summed E-state index contributed by atoms with van der Waals surface area (Å²) in [6.07, 6.45) is 3.61. The van der Waals surface area contributed by atoms with Crippen molar-refractivity contribution < 1.29 is 9.47 Å². The van der Waals surface area contributed by atoms with Gasteiger partial charge in [-0.05, 0) is 0 Å². The van der Waals surface area contributed by atoms with Crippen LogP contribution in [0.25, 0.3) is 5.95 Å². The average Bonchev–Trinajstić information content (AvgIpc) is 3.00. The van der Waals surface area contributed by atoms with Gasteiger partial charge in [0.1, 0.15) is 18.8 Å². The molecule has 0 amide bonds. The Bertz CT molecular complexity index is 524. The van der Waals surface area contributed by atoms with E-state index in [1.54, 1.807) is 0 Å². The Hall–Kier alpha value is -2.29. The van der Waals surface area contributed by atoms with Crippen LogP contribution >= 0.6 is 0 Å². The van der Waals surface area contributed by atoms with Gasteiger partial charge in [-0.15, -0.1) is 0 Å². The summed E-state index contributed by atoms with van der Waals surface area (Å²) in [6.45, 7) is 1.21. The molecule has 18 heavy (non-hydrogen) atoms. The standard InChI is InChI=1S/C9H11N7O2/c10-7-13-8(16-5-11-4-12-16)15-9(14-7)18-6-1-2-17-3-6/h4-6H,1-3H2,(H2,10,13,14,15). The maximum Gasteiger partial charge on any atom is 0.323 e. The Kier molecular flexibility index (Phi) is 2.73. The van der Waals surface area contributed by atoms with Crippen molar-refractivity contribution >= 4 is 5.95 Å². The van der Waals surface area contributed by atoms with Crippen molar-refractivity contribution in [1.82, 2.24) is 29.7 Å². The largest absolute Gasteiger partial charge is 0.457 e. The third-order valence-electron chi connectivity index (χ3n) is 2.40. The van der Waals surface area contributed by atoms with Crippen molar-refractivity contribution in [2.24, 2.45) is 0 Å². The summed E-state index contributed by atoms with van der Waals surface area (Å²) in [7, 11) is 0. The first kappa shape index (κ1) is 10.8. The molecule has 1 fully saturated rings. The second-order valence-corrected chi connectivity index (χ2v) is 3.72. The lowest BCUT2D eigenvalue weighted by atomic mass is 10.3. The van der Waals surface area contributed by atoms with Gasteiger partial charge in [0, 0.05) is 6.42 Å². The number of nitrogen functional groups attached to an aromatic ring is 1. The maximum absolute atomic E-state index is 5.60. The molecule has 2 aromatic rings. The molecule has 3 rings (SSSR count). The number of anilines is 1. The van der Waals surface area contributed by atoms with Gasteiger partial charge in [0.05, 0.1) is 13.2 Å². The Morgan fingerprint density at radius 1 is 1.39 bits per heavy atom. The molecule has 1 atom stereocenters. The summed E-state index contributed by atoms with van der Waals surface area (Å²) >= 11 is 0. The number of rotatable bonds is 3. The topological polar surface area (TPSA) is 114 Å². The van der Waals surface area contributed by atoms with Crippen LogP contribution in [0.5, 0.6) is 6.01 Å². The molecule has 2 aromatic heterocycles. The van der Waals surface area contributed by atoms with E-state index in [4.69, 9.17) is 15.2 Å². The fourth-order valence-electron chi connectivity index (χ4n) is 1.58. The van der Waals surface area contributed by atoms with Crippen LogP contribution in [0.15, 0.2) is 12.7 Å². The number of ether oxygens (including phenoxy) is 2. The smallest absolute Gasteiger partial charge is 0.323 e. The van der Waals surface area contributed by atoms with E-state index < -0.39 is 0 Å². The van der Waals surface area contributed by atoms with Crippen molar-refractivity contribution in [3.63, 3.8) is 0 Å². The van der Waals surface area contributed by atoms with Crippen LogP contribution < -0.4 is 10.5 Å². The van der Waals surface area contributed by atoms with E-state index in [9.17, 15) is 0 Å². The molecule has 0 saturated carbocycles. The van der Waals surface area contributed by atoms with Gasteiger partial charge < -0.3 is 15.2 Å². The molecule has 1 aliphatic heterocycles. The minimum absolute atomic E-state index is 0.0459. The Balaban J connectivity index is 1.86. The molecule has 3 heterocycles. The first-order valence-corrected chi connectivity index (χ1v) is 5.42. The van der Waals surface area contributed by atoms with Crippen LogP contribution in [0, 0.1) is 0 Å². The van der Waals surface area contributed by atoms with E-state index in [0.717, 1.165) is 6.42 Å². The predicted molar refractivity (Wildman–Crippen MR) is 59.0 cm³/mol. The molecule has 94 valence electrons. The molecular weight excluding hydrogens is 238 g/mol. The lowest BCUT2D eigenvalue weighted by molar-refractivity contribution is 0.134. The zero-order chi connectivity index (χ0) is 12.4. The summed E-state index contributed by atoms with van der Waals surface area (Å²) in [5, 5.41) is 3.92. The fraction of sp³-hybridized carbons (Fsp3) is 0.444. The van der Waals surface area contributed by atoms with Crippen molar-refractivity contribution in [1.29, 1.82) is 0 Å². The van der Waals surface area contributed by atoms with Crippen LogP contribution in [-0.4, -0.2) is 49.0 Å². The molecule has 2 N–H and O–H groups in total. The number of nitrogens with two attached hydrogens (primary N) is 1. The van der Waals surface area contributed by atoms with Gasteiger partial charge in [0.15, 0.2) is 0 Å². The van der Waals surface area contributed by atoms with E-state index in [0.29, 0.717) is 13.2 Å². The summed E-state index contributed by atoms with van der Waals surface area (Å²) in [5.74, 6) is 0.346. The SMILES string of the molecule is Nc1nc(OC2CCOC2)nc(-n2cncn2)n1. The minimum Gasteiger partial charge on any atom is -0.457 e. The quantitative estimate of drug-likeness (QED) is 0.752. The molecule has 9 heteroatoms. The highest BCUT2D eigenvalue weighted by Crippen LogP contribution is 2.14. The first-order chi connectivity index (χ1) is 8.81. The predicted octanol–water partition coefficient (Wildman–Crippen LogP) is -0.798. The fourth-order valence-corrected chi connectivity index (χ4v) is 1.58. The molecule has 0 bridgehead atoms. The van der Waals surface area contributed by atoms with Crippen LogP contribution in [0.4, 0.5) is 5.95 Å². The lowest BCUT2D eigenvalue weighted by Crippen LogP contribution is -2.19. The van der Waals surface area contributed by atoms with Gasteiger partial charge in [-0.2, -0.15) is 24.7 Å². The van der Waals surface area contributed by atoms with Crippen molar-refractivity contribution in [3.05, 3.63) is 12.7 Å². The van der Waals surface area contributed by atoms with Crippen LogP contribution in [0.1, 0.15) is 6.42 Å². The number of aromatic nitrogens is 6. The van der Waals surface area contributed by atoms with E-state index >= 15 is 0 Å². The normalized spacial score (nSPS) is 19.0. The van der Waals surface area contributed by atoms with E-state index in [1.807, 2.05) is 0 Å². The Labute approximate surface area is 102 Å². The molecule has 9 nitrogen and oxygen atoms in total. The lowest BCUT2D eigenvalue weighted by Gasteiger charge is -2.10. The number of nitrogens with zero attached hydrogens (tertiary/aromatic N) is 6. The highest BCUT2D eigenvalue weighted by atomic mass is 16.6. The van der Waals surface area contributed by atoms with E-state index in [2.05, 4.69) is 25.0 Å². The first-order valence-electron chi connectivity index (χ1n) is 5.42. The molecule has 0 radical (unpaired) electrons. The zero-order valence-corrected chi connectivity index (χ0v) is 9.43. The van der Waals surface area contributed by atoms with E-state index in [1.165, 1.54) is 17.3 Å². The summed E-state index contributed by atoms with van der Waals surface area (Å²) < 4.78 is 12.2. The molecule has 1 unspecified atom stereocenters. The summed E-state index contributed by atoms with van der Waals surface area (Å²) in [5.41, 5.74) is 5.60. The number of hydrogen-bond acceptors (Lipinski definition) is 8. The van der Waals surface area contributed by atoms with E-state index in [-0.39, 0.29) is 24.0 Å². The minimum atomic E-state index is -0.0459. The maximum atomic E-state index is 5.60. The second-order valence-electron chi connectivity index (χ2n) is 3.72. The van der Waals surface area contributed by atoms with Crippen molar-refractivity contribution in [3.8, 4) is 12.0 Å². The molecule has 1 aliphatic rings. The zero-order valence-electron chi connectivity index (χ0n) is 9.43. The van der Waals surface area contributed by atoms with Gasteiger partial charge in [-0.3, -0.25) is 0 Å². The van der Waals surface area contributed by atoms with Gasteiger partial charge in [-0.1, -0.05) is 0 Å². The van der Waals surface area contributed by atoms with Gasteiger partial charge in [-0.25, -0.2) is 4.98 Å². The molecule has 1 saturated heterocycles. The van der Waals surface area contributed by atoms with Crippen molar-refractivity contribution in [2.45, 2.75) is 12.5 Å². The summed E-state index contributed by atoms with van der Waals surface area (Å²) in [6, 6.07) is 0.170. The van der Waals surface area contributed by atoms with Crippen LogP contribution in [0.2, 0.25) is 0 Å². The molecule has 0 aromatic carbocycles. The molecule has 0 spiro atoms. The van der Waals surface area contributed by atoms with Gasteiger partial charge in [0.25, 0.3) is 5.95 Å². The van der Waals surface area contributed by atoms with Gasteiger partial charge >= 0.3 is 6.01 Å².